The second kappa shape index (κ2) is 5.57. The molecule has 1 atom stereocenters. The Morgan fingerprint density at radius 3 is 2.74 bits per heavy atom. The lowest BCUT2D eigenvalue weighted by molar-refractivity contribution is -0.129. The van der Waals surface area contributed by atoms with Crippen molar-refractivity contribution >= 4 is 23.5 Å². The van der Waals surface area contributed by atoms with Crippen molar-refractivity contribution in [1.29, 1.82) is 0 Å². The van der Waals surface area contributed by atoms with Gasteiger partial charge in [-0.05, 0) is 31.9 Å². The van der Waals surface area contributed by atoms with Crippen molar-refractivity contribution in [1.82, 2.24) is 5.32 Å². The van der Waals surface area contributed by atoms with E-state index in [2.05, 4.69) is 5.32 Å². The van der Waals surface area contributed by atoms with E-state index in [1.807, 2.05) is 0 Å². The average molecular weight is 286 g/mol. The van der Waals surface area contributed by atoms with Crippen LogP contribution in [-0.4, -0.2) is 24.0 Å². The third-order valence-corrected chi connectivity index (χ3v) is 3.06. The molecule has 0 saturated heterocycles. The van der Waals surface area contributed by atoms with Gasteiger partial charge in [0.15, 0.2) is 6.10 Å². The fourth-order valence-corrected chi connectivity index (χ4v) is 1.75. The van der Waals surface area contributed by atoms with Gasteiger partial charge in [-0.3, -0.25) is 4.79 Å². The number of amides is 1. The predicted octanol–water partition coefficient (Wildman–Crippen LogP) is 2.30. The minimum Gasteiger partial charge on any atom is -0.449 e. The monoisotopic (exact) mass is 285 g/mol. The maximum atomic E-state index is 13.5. The summed E-state index contributed by atoms with van der Waals surface area (Å²) >= 11 is 5.74. The Morgan fingerprint density at radius 2 is 2.16 bits per heavy atom. The van der Waals surface area contributed by atoms with Gasteiger partial charge in [0.2, 0.25) is 0 Å². The zero-order valence-corrected chi connectivity index (χ0v) is 11.0. The first kappa shape index (κ1) is 13.8. The highest BCUT2D eigenvalue weighted by Crippen LogP contribution is 2.21. The summed E-state index contributed by atoms with van der Waals surface area (Å²) in [5, 5.41) is 2.65. The van der Waals surface area contributed by atoms with Crippen molar-refractivity contribution in [2.75, 3.05) is 0 Å². The molecule has 102 valence electrons. The van der Waals surface area contributed by atoms with Gasteiger partial charge in [0, 0.05) is 6.04 Å². The van der Waals surface area contributed by atoms with Crippen LogP contribution in [0, 0.1) is 5.82 Å². The van der Waals surface area contributed by atoms with Gasteiger partial charge in [0.1, 0.15) is 11.4 Å². The molecule has 6 heteroatoms. The molecule has 0 aromatic heterocycles. The molecule has 2 rings (SSSR count). The van der Waals surface area contributed by atoms with Crippen LogP contribution in [0.4, 0.5) is 4.39 Å². The Kier molecular flexibility index (Phi) is 4.04. The fraction of sp³-hybridized carbons (Fsp3) is 0.385. The number of ether oxygens (including phenoxy) is 1. The van der Waals surface area contributed by atoms with Crippen molar-refractivity contribution in [3.8, 4) is 0 Å². The molecule has 1 aromatic carbocycles. The molecule has 0 bridgehead atoms. The highest BCUT2D eigenvalue weighted by Gasteiger charge is 2.28. The molecule has 1 aromatic rings. The van der Waals surface area contributed by atoms with E-state index in [1.165, 1.54) is 19.1 Å². The van der Waals surface area contributed by atoms with Gasteiger partial charge in [-0.1, -0.05) is 17.7 Å². The Balaban J connectivity index is 2.01. The first-order valence-corrected chi connectivity index (χ1v) is 6.32. The molecule has 0 heterocycles. The molecular weight excluding hydrogens is 273 g/mol. The van der Waals surface area contributed by atoms with Crippen LogP contribution in [0.2, 0.25) is 5.02 Å². The first-order valence-electron chi connectivity index (χ1n) is 5.94. The average Bonchev–Trinajstić information content (AvgIpc) is 3.12. The quantitative estimate of drug-likeness (QED) is 0.864. The van der Waals surface area contributed by atoms with Crippen LogP contribution in [0.5, 0.6) is 0 Å². The smallest absolute Gasteiger partial charge is 0.343 e. The number of nitrogens with one attached hydrogen (secondary N) is 1. The van der Waals surface area contributed by atoms with Gasteiger partial charge < -0.3 is 10.1 Å². The number of hydrogen-bond donors (Lipinski definition) is 1. The van der Waals surface area contributed by atoms with Gasteiger partial charge in [0.25, 0.3) is 5.91 Å². The van der Waals surface area contributed by atoms with E-state index in [9.17, 15) is 14.0 Å². The molecule has 4 nitrogen and oxygen atoms in total. The molecule has 0 aliphatic heterocycles. The molecule has 1 fully saturated rings. The van der Waals surface area contributed by atoms with Crippen molar-refractivity contribution in [3.05, 3.63) is 34.6 Å². The maximum Gasteiger partial charge on any atom is 0.343 e. The molecular formula is C13H13ClFNO3. The summed E-state index contributed by atoms with van der Waals surface area (Å²) in [6.07, 6.45) is 0.890. The number of carbonyl (C=O) groups excluding carboxylic acids is 2. The van der Waals surface area contributed by atoms with E-state index in [0.29, 0.717) is 0 Å². The van der Waals surface area contributed by atoms with E-state index in [4.69, 9.17) is 16.3 Å². The SMILES string of the molecule is C[C@@H](OC(=O)c1c(F)cccc1Cl)C(=O)NC1CC1. The van der Waals surface area contributed by atoms with Crippen LogP contribution in [0.25, 0.3) is 0 Å². The third-order valence-electron chi connectivity index (χ3n) is 2.74. The molecule has 1 aliphatic carbocycles. The molecule has 1 amide bonds. The van der Waals surface area contributed by atoms with Gasteiger partial charge in [-0.15, -0.1) is 0 Å². The Labute approximate surface area is 114 Å². The molecule has 1 N–H and O–H groups in total. The van der Waals surface area contributed by atoms with E-state index in [-0.39, 0.29) is 22.5 Å². The molecule has 0 spiro atoms. The van der Waals surface area contributed by atoms with Crippen LogP contribution < -0.4 is 5.32 Å². The lowest BCUT2D eigenvalue weighted by Crippen LogP contribution is -2.37. The Bertz CT molecular complexity index is 496. The fourth-order valence-electron chi connectivity index (χ4n) is 1.51. The first-order chi connectivity index (χ1) is 8.99. The van der Waals surface area contributed by atoms with E-state index in [1.54, 1.807) is 0 Å². The topological polar surface area (TPSA) is 55.4 Å². The third kappa shape index (κ3) is 3.44. The number of rotatable bonds is 4. The predicted molar refractivity (Wildman–Crippen MR) is 67.5 cm³/mol. The van der Waals surface area contributed by atoms with E-state index < -0.39 is 17.9 Å². The zero-order chi connectivity index (χ0) is 14.0. The van der Waals surface area contributed by atoms with Gasteiger partial charge in [-0.25, -0.2) is 9.18 Å². The summed E-state index contributed by atoms with van der Waals surface area (Å²) in [6.45, 7) is 1.43. The number of hydrogen-bond acceptors (Lipinski definition) is 3. The van der Waals surface area contributed by atoms with Crippen LogP contribution in [0.3, 0.4) is 0 Å². The van der Waals surface area contributed by atoms with Crippen LogP contribution in [-0.2, 0) is 9.53 Å². The van der Waals surface area contributed by atoms with E-state index in [0.717, 1.165) is 18.9 Å². The summed E-state index contributed by atoms with van der Waals surface area (Å²) in [5.41, 5.74) is -0.352. The standard InChI is InChI=1S/C13H13ClFNO3/c1-7(12(17)16-8-5-6-8)19-13(18)11-9(14)3-2-4-10(11)15/h2-4,7-8H,5-6H2,1H3,(H,16,17)/t7-/m1/s1. The highest BCUT2D eigenvalue weighted by atomic mass is 35.5. The highest BCUT2D eigenvalue weighted by molar-refractivity contribution is 6.33. The second-order valence-corrected chi connectivity index (χ2v) is 4.83. The van der Waals surface area contributed by atoms with Crippen LogP contribution >= 0.6 is 11.6 Å². The number of halogens is 2. The van der Waals surface area contributed by atoms with E-state index >= 15 is 0 Å². The Hall–Kier alpha value is -1.62. The van der Waals surface area contributed by atoms with Gasteiger partial charge in [0.05, 0.1) is 5.02 Å². The minimum absolute atomic E-state index is 0.0419. The largest absolute Gasteiger partial charge is 0.449 e. The molecule has 1 aliphatic rings. The zero-order valence-electron chi connectivity index (χ0n) is 10.3. The molecule has 19 heavy (non-hydrogen) atoms. The maximum absolute atomic E-state index is 13.5. The number of benzene rings is 1. The van der Waals surface area contributed by atoms with Gasteiger partial charge >= 0.3 is 5.97 Å². The summed E-state index contributed by atoms with van der Waals surface area (Å²) in [4.78, 5) is 23.4. The number of carbonyl (C=O) groups is 2. The molecule has 1 saturated carbocycles. The van der Waals surface area contributed by atoms with Crippen molar-refractivity contribution in [2.24, 2.45) is 0 Å². The Morgan fingerprint density at radius 1 is 1.47 bits per heavy atom. The second-order valence-electron chi connectivity index (χ2n) is 4.43. The summed E-state index contributed by atoms with van der Waals surface area (Å²) in [5.74, 6) is -2.10. The van der Waals surface area contributed by atoms with Crippen LogP contribution in [0.15, 0.2) is 18.2 Å². The summed E-state index contributed by atoms with van der Waals surface area (Å²) < 4.78 is 18.4. The molecule has 0 radical (unpaired) electrons. The van der Waals surface area contributed by atoms with Crippen molar-refractivity contribution < 1.29 is 18.7 Å². The minimum atomic E-state index is -0.983. The lowest BCUT2D eigenvalue weighted by atomic mass is 10.2. The van der Waals surface area contributed by atoms with Crippen molar-refractivity contribution in [2.45, 2.75) is 31.9 Å². The molecule has 0 unspecified atom stereocenters. The summed E-state index contributed by atoms with van der Waals surface area (Å²) in [6, 6.07) is 4.05. The summed E-state index contributed by atoms with van der Waals surface area (Å²) in [7, 11) is 0. The normalized spacial score (nSPS) is 15.7. The van der Waals surface area contributed by atoms with Crippen LogP contribution in [0.1, 0.15) is 30.1 Å². The lowest BCUT2D eigenvalue weighted by Gasteiger charge is -2.13. The number of esters is 1. The van der Waals surface area contributed by atoms with Gasteiger partial charge in [-0.2, -0.15) is 0 Å². The van der Waals surface area contributed by atoms with Crippen molar-refractivity contribution in [3.63, 3.8) is 0 Å².